The first kappa shape index (κ1) is 16.6. The Morgan fingerprint density at radius 2 is 2.11 bits per heavy atom. The number of ether oxygens (including phenoxy) is 1. The van der Waals surface area contributed by atoms with E-state index in [9.17, 15) is 18.3 Å². The number of aliphatic hydroxyl groups is 1. The molecule has 0 radical (unpaired) electrons. The number of methoxy groups -OCH3 is 1. The van der Waals surface area contributed by atoms with Crippen LogP contribution in [-0.2, 0) is 19.6 Å². The SMILES string of the molecule is COC(=O)C(O)CNS(=O)(=O)c1ccc(Br)cc1Br. The van der Waals surface area contributed by atoms with Gasteiger partial charge in [-0.25, -0.2) is 17.9 Å². The van der Waals surface area contributed by atoms with E-state index in [1.807, 2.05) is 0 Å². The number of hydrogen-bond donors (Lipinski definition) is 2. The van der Waals surface area contributed by atoms with Crippen LogP contribution in [-0.4, -0.2) is 39.3 Å². The van der Waals surface area contributed by atoms with Crippen LogP contribution in [0.15, 0.2) is 32.0 Å². The van der Waals surface area contributed by atoms with Gasteiger partial charge < -0.3 is 9.84 Å². The first-order valence-corrected chi connectivity index (χ1v) is 8.05. The Bertz CT molecular complexity index is 575. The maximum absolute atomic E-state index is 12.0. The molecule has 0 aromatic heterocycles. The van der Waals surface area contributed by atoms with E-state index < -0.39 is 28.6 Å². The highest BCUT2D eigenvalue weighted by atomic mass is 79.9. The van der Waals surface area contributed by atoms with Crippen molar-refractivity contribution in [3.63, 3.8) is 0 Å². The molecule has 1 rings (SSSR count). The quantitative estimate of drug-likeness (QED) is 0.699. The Labute approximate surface area is 127 Å². The summed E-state index contributed by atoms with van der Waals surface area (Å²) in [6.45, 7) is -0.461. The highest BCUT2D eigenvalue weighted by Crippen LogP contribution is 2.25. The molecule has 0 aliphatic rings. The van der Waals surface area contributed by atoms with Crippen LogP contribution in [0.2, 0.25) is 0 Å². The van der Waals surface area contributed by atoms with Crippen molar-refractivity contribution in [1.82, 2.24) is 4.72 Å². The van der Waals surface area contributed by atoms with Crippen LogP contribution in [0, 0.1) is 0 Å². The first-order chi connectivity index (χ1) is 8.77. The van der Waals surface area contributed by atoms with Crippen molar-refractivity contribution >= 4 is 47.9 Å². The highest BCUT2D eigenvalue weighted by Gasteiger charge is 2.22. The Morgan fingerprint density at radius 1 is 1.47 bits per heavy atom. The zero-order chi connectivity index (χ0) is 14.6. The van der Waals surface area contributed by atoms with Gasteiger partial charge in [-0.15, -0.1) is 0 Å². The molecule has 0 amide bonds. The smallest absolute Gasteiger partial charge is 0.336 e. The summed E-state index contributed by atoms with van der Waals surface area (Å²) in [5.74, 6) is -0.905. The predicted molar refractivity (Wildman–Crippen MR) is 75.1 cm³/mol. The van der Waals surface area contributed by atoms with Gasteiger partial charge in [0, 0.05) is 15.5 Å². The van der Waals surface area contributed by atoms with Crippen LogP contribution >= 0.6 is 31.9 Å². The Morgan fingerprint density at radius 3 is 2.63 bits per heavy atom. The zero-order valence-corrected chi connectivity index (χ0v) is 13.7. The molecule has 1 aromatic carbocycles. The van der Waals surface area contributed by atoms with Crippen molar-refractivity contribution in [2.24, 2.45) is 0 Å². The van der Waals surface area contributed by atoms with Gasteiger partial charge in [0.25, 0.3) is 0 Å². The number of hydrogen-bond acceptors (Lipinski definition) is 5. The maximum atomic E-state index is 12.0. The summed E-state index contributed by atoms with van der Waals surface area (Å²) in [6.07, 6.45) is -1.55. The third kappa shape index (κ3) is 4.53. The number of carbonyl (C=O) groups excluding carboxylic acids is 1. The summed E-state index contributed by atoms with van der Waals surface area (Å²) in [6, 6.07) is 4.53. The lowest BCUT2D eigenvalue weighted by molar-refractivity contribution is -0.149. The van der Waals surface area contributed by atoms with Crippen molar-refractivity contribution < 1.29 is 23.1 Å². The van der Waals surface area contributed by atoms with E-state index in [0.29, 0.717) is 8.95 Å². The van der Waals surface area contributed by atoms with Crippen molar-refractivity contribution in [2.75, 3.05) is 13.7 Å². The van der Waals surface area contributed by atoms with E-state index in [0.717, 1.165) is 7.11 Å². The van der Waals surface area contributed by atoms with Gasteiger partial charge in [0.2, 0.25) is 10.0 Å². The van der Waals surface area contributed by atoms with Crippen LogP contribution in [0.4, 0.5) is 0 Å². The molecule has 1 unspecified atom stereocenters. The molecule has 9 heteroatoms. The predicted octanol–water partition coefficient (Wildman–Crippen LogP) is 1.02. The zero-order valence-electron chi connectivity index (χ0n) is 9.76. The van der Waals surface area contributed by atoms with Crippen molar-refractivity contribution in [3.8, 4) is 0 Å². The molecular formula is C10H11Br2NO5S. The number of esters is 1. The second-order valence-electron chi connectivity index (χ2n) is 3.47. The fraction of sp³-hybridized carbons (Fsp3) is 0.300. The summed E-state index contributed by atoms with van der Waals surface area (Å²) in [7, 11) is -2.73. The van der Waals surface area contributed by atoms with E-state index in [4.69, 9.17) is 0 Å². The van der Waals surface area contributed by atoms with Crippen molar-refractivity contribution in [3.05, 3.63) is 27.1 Å². The second kappa shape index (κ2) is 6.80. The summed E-state index contributed by atoms with van der Waals surface area (Å²) >= 11 is 6.34. The number of halogens is 2. The Balaban J connectivity index is 2.85. The molecule has 0 fully saturated rings. The van der Waals surface area contributed by atoms with Crippen LogP contribution < -0.4 is 4.72 Å². The molecule has 6 nitrogen and oxygen atoms in total. The minimum Gasteiger partial charge on any atom is -0.467 e. The van der Waals surface area contributed by atoms with Crippen molar-refractivity contribution in [2.45, 2.75) is 11.0 Å². The van der Waals surface area contributed by atoms with Crippen LogP contribution in [0.5, 0.6) is 0 Å². The minimum atomic E-state index is -3.83. The first-order valence-electron chi connectivity index (χ1n) is 4.98. The van der Waals surface area contributed by atoms with Gasteiger partial charge in [-0.3, -0.25) is 0 Å². The molecule has 106 valence electrons. The fourth-order valence-electron chi connectivity index (χ4n) is 1.18. The van der Waals surface area contributed by atoms with Gasteiger partial charge >= 0.3 is 5.97 Å². The third-order valence-corrected chi connectivity index (χ3v) is 5.02. The summed E-state index contributed by atoms with van der Waals surface area (Å²) in [5, 5.41) is 9.32. The van der Waals surface area contributed by atoms with E-state index in [2.05, 4.69) is 41.3 Å². The molecule has 0 heterocycles. The van der Waals surface area contributed by atoms with Crippen LogP contribution in [0.3, 0.4) is 0 Å². The van der Waals surface area contributed by atoms with Gasteiger partial charge in [0.1, 0.15) is 0 Å². The standard InChI is InChI=1S/C10H11Br2NO5S/c1-18-10(15)8(14)5-13-19(16,17)9-3-2-6(11)4-7(9)12/h2-4,8,13-14H,5H2,1H3. The van der Waals surface area contributed by atoms with Crippen LogP contribution in [0.1, 0.15) is 0 Å². The summed E-state index contributed by atoms with van der Waals surface area (Å²) in [5.41, 5.74) is 0. The van der Waals surface area contributed by atoms with Gasteiger partial charge in [-0.05, 0) is 34.1 Å². The number of sulfonamides is 1. The largest absolute Gasteiger partial charge is 0.467 e. The topological polar surface area (TPSA) is 92.7 Å². The molecule has 0 spiro atoms. The van der Waals surface area contributed by atoms with Gasteiger partial charge in [0.05, 0.1) is 12.0 Å². The molecule has 2 N–H and O–H groups in total. The molecule has 19 heavy (non-hydrogen) atoms. The summed E-state index contributed by atoms with van der Waals surface area (Å²) < 4.78 is 31.4. The van der Waals surface area contributed by atoms with E-state index in [-0.39, 0.29) is 4.90 Å². The minimum absolute atomic E-state index is 0.00719. The van der Waals surface area contributed by atoms with Gasteiger partial charge in [0.15, 0.2) is 6.10 Å². The number of nitrogens with one attached hydrogen (secondary N) is 1. The third-order valence-electron chi connectivity index (χ3n) is 2.12. The lowest BCUT2D eigenvalue weighted by atomic mass is 10.4. The molecule has 1 aromatic rings. The lowest BCUT2D eigenvalue weighted by Gasteiger charge is -2.11. The Kier molecular flexibility index (Phi) is 5.93. The number of carbonyl (C=O) groups is 1. The average molecular weight is 417 g/mol. The summed E-state index contributed by atoms with van der Waals surface area (Å²) in [4.78, 5) is 11.0. The fourth-order valence-corrected chi connectivity index (χ4v) is 3.96. The lowest BCUT2D eigenvalue weighted by Crippen LogP contribution is -2.37. The number of aliphatic hydroxyl groups excluding tert-OH is 1. The molecule has 0 saturated carbocycles. The average Bonchev–Trinajstić information content (AvgIpc) is 2.34. The van der Waals surface area contributed by atoms with E-state index in [1.54, 1.807) is 12.1 Å². The number of benzene rings is 1. The van der Waals surface area contributed by atoms with Crippen LogP contribution in [0.25, 0.3) is 0 Å². The molecule has 1 atom stereocenters. The monoisotopic (exact) mass is 415 g/mol. The molecule has 0 bridgehead atoms. The van der Waals surface area contributed by atoms with E-state index in [1.165, 1.54) is 6.07 Å². The van der Waals surface area contributed by atoms with Gasteiger partial charge in [-0.2, -0.15) is 0 Å². The second-order valence-corrected chi connectivity index (χ2v) is 6.97. The van der Waals surface area contributed by atoms with Crippen molar-refractivity contribution in [1.29, 1.82) is 0 Å². The maximum Gasteiger partial charge on any atom is 0.336 e. The molecule has 0 aliphatic carbocycles. The Hall–Kier alpha value is -0.480. The molecule has 0 aliphatic heterocycles. The number of rotatable bonds is 5. The van der Waals surface area contributed by atoms with E-state index >= 15 is 0 Å². The highest BCUT2D eigenvalue weighted by molar-refractivity contribution is 9.11. The molecular weight excluding hydrogens is 406 g/mol. The normalized spacial score (nSPS) is 13.1. The molecule has 0 saturated heterocycles. The van der Waals surface area contributed by atoms with Gasteiger partial charge in [-0.1, -0.05) is 15.9 Å².